The first-order valence-corrected chi connectivity index (χ1v) is 3.59. The number of aromatic nitrogens is 1. The first-order valence-electron chi connectivity index (χ1n) is 3.59. The summed E-state index contributed by atoms with van der Waals surface area (Å²) in [5, 5.41) is 8.75. The first kappa shape index (κ1) is 8.66. The number of hydrogen-bond donors (Lipinski definition) is 0. The number of hydrogen-bond acceptors (Lipinski definition) is 2. The topological polar surface area (TPSA) is 36.7 Å². The summed E-state index contributed by atoms with van der Waals surface area (Å²) in [7, 11) is 0. The van der Waals surface area contributed by atoms with Crippen LogP contribution in [0.25, 0.3) is 0 Å². The van der Waals surface area contributed by atoms with E-state index in [1.807, 2.05) is 0 Å². The molecule has 0 aromatic carbocycles. The minimum absolute atomic E-state index is 0.521. The molecule has 0 aliphatic heterocycles. The van der Waals surface area contributed by atoms with Crippen molar-refractivity contribution in [2.24, 2.45) is 0 Å². The third-order valence-corrected chi connectivity index (χ3v) is 1.73. The highest BCUT2D eigenvalue weighted by Crippen LogP contribution is 2.20. The predicted molar refractivity (Wildman–Crippen MR) is 42.8 cm³/mol. The maximum absolute atomic E-state index is 12.4. The van der Waals surface area contributed by atoms with Gasteiger partial charge in [0.05, 0.1) is 11.5 Å². The lowest BCUT2D eigenvalue weighted by Gasteiger charge is -2.14. The van der Waals surface area contributed by atoms with Gasteiger partial charge in [-0.3, -0.25) is 0 Å². The minimum atomic E-state index is -0.597. The molecule has 0 radical (unpaired) electrons. The van der Waals surface area contributed by atoms with Crippen molar-refractivity contribution in [1.29, 1.82) is 5.26 Å². The van der Waals surface area contributed by atoms with Crippen molar-refractivity contribution in [2.45, 2.75) is 19.3 Å². The lowest BCUT2D eigenvalue weighted by atomic mass is 9.88. The molecule has 2 nitrogen and oxygen atoms in total. The molecular formula is C9H9FN2. The van der Waals surface area contributed by atoms with E-state index in [0.717, 1.165) is 5.56 Å². The predicted octanol–water partition coefficient (Wildman–Crippen LogP) is 2.02. The summed E-state index contributed by atoms with van der Waals surface area (Å²) < 4.78 is 12.4. The van der Waals surface area contributed by atoms with Gasteiger partial charge >= 0.3 is 0 Å². The third kappa shape index (κ3) is 1.59. The highest BCUT2D eigenvalue weighted by molar-refractivity contribution is 5.26. The Labute approximate surface area is 70.7 Å². The van der Waals surface area contributed by atoms with Crippen LogP contribution in [0, 0.1) is 17.3 Å². The van der Waals surface area contributed by atoms with Gasteiger partial charge in [-0.05, 0) is 25.5 Å². The summed E-state index contributed by atoms with van der Waals surface area (Å²) in [6.07, 6.45) is 1.39. The smallest absolute Gasteiger partial charge is 0.212 e. The Hall–Kier alpha value is -1.43. The number of halogens is 1. The van der Waals surface area contributed by atoms with Crippen molar-refractivity contribution in [3.63, 3.8) is 0 Å². The molecule has 62 valence electrons. The van der Waals surface area contributed by atoms with Gasteiger partial charge < -0.3 is 0 Å². The van der Waals surface area contributed by atoms with Crippen LogP contribution in [0.4, 0.5) is 4.39 Å². The van der Waals surface area contributed by atoms with Crippen molar-refractivity contribution >= 4 is 0 Å². The molecule has 3 heteroatoms. The van der Waals surface area contributed by atoms with E-state index in [2.05, 4.69) is 11.1 Å². The second-order valence-electron chi connectivity index (χ2n) is 3.11. The molecule has 0 saturated heterocycles. The van der Waals surface area contributed by atoms with Gasteiger partial charge in [-0.15, -0.1) is 0 Å². The Balaban J connectivity index is 3.07. The summed E-state index contributed by atoms with van der Waals surface area (Å²) in [5.74, 6) is -0.521. The van der Waals surface area contributed by atoms with Crippen molar-refractivity contribution in [3.05, 3.63) is 29.8 Å². The standard InChI is InChI=1S/C9H9FN2/c1-9(2,6-11)7-3-4-8(10)12-5-7/h3-5H,1-2H3. The van der Waals surface area contributed by atoms with Gasteiger partial charge in [0.2, 0.25) is 5.95 Å². The molecule has 0 amide bonds. The fourth-order valence-corrected chi connectivity index (χ4v) is 0.810. The first-order chi connectivity index (χ1) is 5.56. The number of nitriles is 1. The molecule has 0 unspecified atom stereocenters. The fraction of sp³-hybridized carbons (Fsp3) is 0.333. The van der Waals surface area contributed by atoms with Crippen LogP contribution in [0.1, 0.15) is 19.4 Å². The Morgan fingerprint density at radius 3 is 2.58 bits per heavy atom. The van der Waals surface area contributed by atoms with Crippen LogP contribution in [0.15, 0.2) is 18.3 Å². The van der Waals surface area contributed by atoms with Gasteiger partial charge in [-0.2, -0.15) is 9.65 Å². The zero-order chi connectivity index (χ0) is 9.19. The van der Waals surface area contributed by atoms with Gasteiger partial charge in [-0.25, -0.2) is 4.98 Å². The van der Waals surface area contributed by atoms with E-state index in [1.165, 1.54) is 12.3 Å². The molecule has 1 rings (SSSR count). The fourth-order valence-electron chi connectivity index (χ4n) is 0.810. The van der Waals surface area contributed by atoms with Crippen LogP contribution in [-0.4, -0.2) is 4.98 Å². The summed E-state index contributed by atoms with van der Waals surface area (Å²) in [4.78, 5) is 3.48. The van der Waals surface area contributed by atoms with Gasteiger partial charge in [0.15, 0.2) is 0 Å². The highest BCUT2D eigenvalue weighted by atomic mass is 19.1. The van der Waals surface area contributed by atoms with Crippen molar-refractivity contribution in [1.82, 2.24) is 4.98 Å². The van der Waals surface area contributed by atoms with Gasteiger partial charge in [-0.1, -0.05) is 6.07 Å². The maximum Gasteiger partial charge on any atom is 0.212 e. The molecule has 0 aliphatic rings. The van der Waals surface area contributed by atoms with E-state index in [4.69, 9.17) is 5.26 Å². The normalized spacial score (nSPS) is 10.8. The molecule has 0 aliphatic carbocycles. The van der Waals surface area contributed by atoms with Crippen LogP contribution >= 0.6 is 0 Å². The average molecular weight is 164 g/mol. The largest absolute Gasteiger partial charge is 0.228 e. The van der Waals surface area contributed by atoms with Crippen LogP contribution < -0.4 is 0 Å². The summed E-state index contributed by atoms with van der Waals surface area (Å²) in [5.41, 5.74) is 0.132. The van der Waals surface area contributed by atoms with Gasteiger partial charge in [0.25, 0.3) is 0 Å². The number of nitrogens with zero attached hydrogens (tertiary/aromatic N) is 2. The van der Waals surface area contributed by atoms with Crippen molar-refractivity contribution in [2.75, 3.05) is 0 Å². The van der Waals surface area contributed by atoms with Crippen LogP contribution in [0.5, 0.6) is 0 Å². The lowest BCUT2D eigenvalue weighted by molar-refractivity contribution is 0.576. The lowest BCUT2D eigenvalue weighted by Crippen LogP contribution is -2.14. The van der Waals surface area contributed by atoms with E-state index < -0.39 is 11.4 Å². The Morgan fingerprint density at radius 1 is 1.50 bits per heavy atom. The Kier molecular flexibility index (Phi) is 2.09. The molecule has 1 heterocycles. The van der Waals surface area contributed by atoms with E-state index >= 15 is 0 Å². The summed E-state index contributed by atoms with van der Waals surface area (Å²) >= 11 is 0. The van der Waals surface area contributed by atoms with Crippen molar-refractivity contribution in [3.8, 4) is 6.07 Å². The Bertz CT molecular complexity index is 308. The summed E-state index contributed by atoms with van der Waals surface area (Å²) in [6, 6.07) is 4.95. The zero-order valence-electron chi connectivity index (χ0n) is 7.00. The molecule has 1 aromatic rings. The van der Waals surface area contributed by atoms with Crippen molar-refractivity contribution < 1.29 is 4.39 Å². The molecular weight excluding hydrogens is 155 g/mol. The molecule has 0 N–H and O–H groups in total. The minimum Gasteiger partial charge on any atom is -0.228 e. The SMILES string of the molecule is CC(C)(C#N)c1ccc(F)nc1. The molecule has 0 spiro atoms. The monoisotopic (exact) mass is 164 g/mol. The number of pyridine rings is 1. The summed E-state index contributed by atoms with van der Waals surface area (Å²) in [6.45, 7) is 3.53. The average Bonchev–Trinajstić information content (AvgIpc) is 2.05. The van der Waals surface area contributed by atoms with E-state index in [9.17, 15) is 4.39 Å². The molecule has 0 bridgehead atoms. The third-order valence-electron chi connectivity index (χ3n) is 1.73. The zero-order valence-corrected chi connectivity index (χ0v) is 7.00. The highest BCUT2D eigenvalue weighted by Gasteiger charge is 2.19. The van der Waals surface area contributed by atoms with Crippen LogP contribution in [0.3, 0.4) is 0 Å². The van der Waals surface area contributed by atoms with Crippen LogP contribution in [-0.2, 0) is 5.41 Å². The van der Waals surface area contributed by atoms with E-state index in [-0.39, 0.29) is 0 Å². The Morgan fingerprint density at radius 2 is 2.17 bits per heavy atom. The maximum atomic E-state index is 12.4. The van der Waals surface area contributed by atoms with Crippen LogP contribution in [0.2, 0.25) is 0 Å². The molecule has 0 fully saturated rings. The second kappa shape index (κ2) is 2.90. The molecule has 1 aromatic heterocycles. The van der Waals surface area contributed by atoms with E-state index in [1.54, 1.807) is 19.9 Å². The number of rotatable bonds is 1. The van der Waals surface area contributed by atoms with E-state index in [0.29, 0.717) is 0 Å². The second-order valence-corrected chi connectivity index (χ2v) is 3.11. The van der Waals surface area contributed by atoms with Gasteiger partial charge in [0, 0.05) is 6.20 Å². The molecule has 0 saturated carbocycles. The van der Waals surface area contributed by atoms with Gasteiger partial charge in [0.1, 0.15) is 0 Å². The molecule has 0 atom stereocenters. The quantitative estimate of drug-likeness (QED) is 0.595. The molecule has 12 heavy (non-hydrogen) atoms.